The summed E-state index contributed by atoms with van der Waals surface area (Å²) in [4.78, 5) is 10.7. The van der Waals surface area contributed by atoms with Gasteiger partial charge in [0.25, 0.3) is 0 Å². The van der Waals surface area contributed by atoms with E-state index in [-0.39, 0.29) is 5.91 Å². The van der Waals surface area contributed by atoms with Crippen molar-refractivity contribution in [3.05, 3.63) is 36.0 Å². The van der Waals surface area contributed by atoms with E-state index in [4.69, 9.17) is 11.5 Å². The van der Waals surface area contributed by atoms with Crippen LogP contribution < -0.4 is 11.5 Å². The molecule has 0 radical (unpaired) electrons. The average molecular weight is 217 g/mol. The fourth-order valence-electron chi connectivity index (χ4n) is 1.89. The Morgan fingerprint density at radius 1 is 1.31 bits per heavy atom. The molecule has 0 fully saturated rings. The molecule has 0 aliphatic carbocycles. The molecule has 16 heavy (non-hydrogen) atoms. The number of hydrogen-bond acceptors (Lipinski definition) is 2. The molecule has 1 heterocycles. The van der Waals surface area contributed by atoms with Crippen molar-refractivity contribution in [2.45, 2.75) is 19.5 Å². The molecule has 4 N–H and O–H groups in total. The van der Waals surface area contributed by atoms with Gasteiger partial charge in [0, 0.05) is 36.6 Å². The summed E-state index contributed by atoms with van der Waals surface area (Å²) in [5.74, 6) is -0.281. The SMILES string of the molecule is NCc1cccc2c1ccn2CCC(N)=O. The third-order valence-electron chi connectivity index (χ3n) is 2.72. The maximum absolute atomic E-state index is 10.7. The summed E-state index contributed by atoms with van der Waals surface area (Å²) in [6, 6.07) is 8.04. The molecule has 0 aliphatic heterocycles. The number of aryl methyl sites for hydroxylation is 1. The molecule has 0 saturated heterocycles. The highest BCUT2D eigenvalue weighted by Crippen LogP contribution is 2.20. The van der Waals surface area contributed by atoms with E-state index in [0.29, 0.717) is 19.5 Å². The van der Waals surface area contributed by atoms with Gasteiger partial charge in [0.05, 0.1) is 0 Å². The van der Waals surface area contributed by atoms with Crippen molar-refractivity contribution in [3.8, 4) is 0 Å². The van der Waals surface area contributed by atoms with Gasteiger partial charge >= 0.3 is 0 Å². The zero-order valence-electron chi connectivity index (χ0n) is 9.02. The first-order chi connectivity index (χ1) is 7.72. The standard InChI is InChI=1S/C12H15N3O/c13-8-9-2-1-3-11-10(9)4-6-15(11)7-5-12(14)16/h1-4,6H,5,7-8,13H2,(H2,14,16). The number of carbonyl (C=O) groups is 1. The largest absolute Gasteiger partial charge is 0.370 e. The Morgan fingerprint density at radius 2 is 2.12 bits per heavy atom. The van der Waals surface area contributed by atoms with Crippen molar-refractivity contribution in [1.82, 2.24) is 4.57 Å². The molecule has 0 spiro atoms. The maximum atomic E-state index is 10.7. The van der Waals surface area contributed by atoms with Crippen molar-refractivity contribution >= 4 is 16.8 Å². The van der Waals surface area contributed by atoms with Crippen LogP contribution in [-0.4, -0.2) is 10.5 Å². The van der Waals surface area contributed by atoms with Gasteiger partial charge in [0.2, 0.25) is 5.91 Å². The average Bonchev–Trinajstić information content (AvgIpc) is 2.69. The maximum Gasteiger partial charge on any atom is 0.219 e. The van der Waals surface area contributed by atoms with Gasteiger partial charge in [-0.25, -0.2) is 0 Å². The molecule has 0 bridgehead atoms. The lowest BCUT2D eigenvalue weighted by Crippen LogP contribution is -2.13. The molecule has 0 aliphatic rings. The molecule has 4 nitrogen and oxygen atoms in total. The molecule has 0 saturated carbocycles. The normalized spacial score (nSPS) is 10.8. The van der Waals surface area contributed by atoms with Crippen LogP contribution in [0.15, 0.2) is 30.5 Å². The van der Waals surface area contributed by atoms with E-state index in [0.717, 1.165) is 16.5 Å². The topological polar surface area (TPSA) is 74.0 Å². The number of benzene rings is 1. The van der Waals surface area contributed by atoms with E-state index in [1.807, 2.05) is 35.0 Å². The number of rotatable bonds is 4. The van der Waals surface area contributed by atoms with Crippen LogP contribution in [0.4, 0.5) is 0 Å². The summed E-state index contributed by atoms with van der Waals surface area (Å²) in [6.07, 6.45) is 2.32. The van der Waals surface area contributed by atoms with Crippen molar-refractivity contribution < 1.29 is 4.79 Å². The van der Waals surface area contributed by atoms with Gasteiger partial charge in [0.1, 0.15) is 0 Å². The Kier molecular flexibility index (Phi) is 2.92. The van der Waals surface area contributed by atoms with Crippen LogP contribution in [0.2, 0.25) is 0 Å². The number of nitrogens with zero attached hydrogens (tertiary/aromatic N) is 1. The molecular weight excluding hydrogens is 202 g/mol. The van der Waals surface area contributed by atoms with Gasteiger partial charge in [-0.1, -0.05) is 12.1 Å². The molecule has 2 aromatic rings. The molecule has 0 unspecified atom stereocenters. The summed E-state index contributed by atoms with van der Waals surface area (Å²) in [5.41, 5.74) is 13.0. The van der Waals surface area contributed by atoms with Crippen LogP contribution in [0.3, 0.4) is 0 Å². The molecule has 4 heteroatoms. The molecule has 84 valence electrons. The molecule has 2 rings (SSSR count). The van der Waals surface area contributed by atoms with Crippen molar-refractivity contribution in [3.63, 3.8) is 0 Å². The zero-order valence-corrected chi connectivity index (χ0v) is 9.02. The van der Waals surface area contributed by atoms with E-state index in [1.165, 1.54) is 0 Å². The van der Waals surface area contributed by atoms with Gasteiger partial charge in [-0.05, 0) is 17.7 Å². The highest BCUT2D eigenvalue weighted by Gasteiger charge is 2.04. The first kappa shape index (κ1) is 10.7. The Bertz CT molecular complexity index is 516. The second-order valence-electron chi connectivity index (χ2n) is 3.78. The Balaban J connectivity index is 2.37. The van der Waals surface area contributed by atoms with Crippen molar-refractivity contribution in [1.29, 1.82) is 0 Å². The van der Waals surface area contributed by atoms with Crippen LogP contribution in [0.1, 0.15) is 12.0 Å². The minimum Gasteiger partial charge on any atom is -0.370 e. The Morgan fingerprint density at radius 3 is 2.81 bits per heavy atom. The summed E-state index contributed by atoms with van der Waals surface area (Å²) in [5, 5.41) is 1.15. The van der Waals surface area contributed by atoms with E-state index >= 15 is 0 Å². The first-order valence-corrected chi connectivity index (χ1v) is 5.27. The van der Waals surface area contributed by atoms with E-state index < -0.39 is 0 Å². The summed E-state index contributed by atoms with van der Waals surface area (Å²) in [7, 11) is 0. The lowest BCUT2D eigenvalue weighted by molar-refractivity contribution is -0.118. The second-order valence-corrected chi connectivity index (χ2v) is 3.78. The molecule has 0 atom stereocenters. The highest BCUT2D eigenvalue weighted by molar-refractivity contribution is 5.84. The van der Waals surface area contributed by atoms with Crippen LogP contribution in [-0.2, 0) is 17.9 Å². The minimum absolute atomic E-state index is 0.281. The predicted octanol–water partition coefficient (Wildman–Crippen LogP) is 0.975. The third-order valence-corrected chi connectivity index (χ3v) is 2.72. The number of hydrogen-bond donors (Lipinski definition) is 2. The number of aromatic nitrogens is 1. The summed E-state index contributed by atoms with van der Waals surface area (Å²) in [6.45, 7) is 1.14. The monoisotopic (exact) mass is 217 g/mol. The van der Waals surface area contributed by atoms with Gasteiger partial charge < -0.3 is 16.0 Å². The van der Waals surface area contributed by atoms with Gasteiger partial charge in [0.15, 0.2) is 0 Å². The number of carbonyl (C=O) groups excluding carboxylic acids is 1. The lowest BCUT2D eigenvalue weighted by Gasteiger charge is -2.04. The zero-order chi connectivity index (χ0) is 11.5. The number of primary amides is 1. The minimum atomic E-state index is -0.281. The van der Waals surface area contributed by atoms with Gasteiger partial charge in [-0.3, -0.25) is 4.79 Å². The summed E-state index contributed by atoms with van der Waals surface area (Å²) < 4.78 is 2.03. The van der Waals surface area contributed by atoms with Crippen LogP contribution in [0, 0.1) is 0 Å². The fourth-order valence-corrected chi connectivity index (χ4v) is 1.89. The summed E-state index contributed by atoms with van der Waals surface area (Å²) >= 11 is 0. The molecule has 1 amide bonds. The van der Waals surface area contributed by atoms with Crippen LogP contribution in [0.25, 0.3) is 10.9 Å². The van der Waals surface area contributed by atoms with Gasteiger partial charge in [-0.2, -0.15) is 0 Å². The molecular formula is C12H15N3O. The third kappa shape index (κ3) is 1.92. The Hall–Kier alpha value is -1.81. The smallest absolute Gasteiger partial charge is 0.219 e. The molecule has 1 aromatic carbocycles. The highest BCUT2D eigenvalue weighted by atomic mass is 16.1. The molecule has 1 aromatic heterocycles. The number of nitrogens with two attached hydrogens (primary N) is 2. The van der Waals surface area contributed by atoms with Crippen LogP contribution in [0.5, 0.6) is 0 Å². The van der Waals surface area contributed by atoms with E-state index in [9.17, 15) is 4.79 Å². The predicted molar refractivity (Wildman–Crippen MR) is 63.6 cm³/mol. The fraction of sp³-hybridized carbons (Fsp3) is 0.250. The van der Waals surface area contributed by atoms with Crippen LogP contribution >= 0.6 is 0 Å². The van der Waals surface area contributed by atoms with E-state index in [1.54, 1.807) is 0 Å². The van der Waals surface area contributed by atoms with Crippen molar-refractivity contribution in [2.24, 2.45) is 11.5 Å². The Labute approximate surface area is 93.8 Å². The van der Waals surface area contributed by atoms with E-state index in [2.05, 4.69) is 0 Å². The second kappa shape index (κ2) is 4.37. The first-order valence-electron chi connectivity index (χ1n) is 5.27. The number of amides is 1. The van der Waals surface area contributed by atoms with Crippen molar-refractivity contribution in [2.75, 3.05) is 0 Å². The quantitative estimate of drug-likeness (QED) is 0.801. The number of fused-ring (bicyclic) bond motifs is 1. The lowest BCUT2D eigenvalue weighted by atomic mass is 10.1. The van der Waals surface area contributed by atoms with Gasteiger partial charge in [-0.15, -0.1) is 0 Å².